The Hall–Kier alpha value is -1.90. The standard InChI is InChI=1S/C12H12N2O/c15-10-12-3-1-2-8-14(12)9-11-4-6-13-7-5-11/h1-8,10,12H,9H2. The van der Waals surface area contributed by atoms with Gasteiger partial charge in [-0.15, -0.1) is 0 Å². The van der Waals surface area contributed by atoms with Gasteiger partial charge in [0.1, 0.15) is 12.3 Å². The third kappa shape index (κ3) is 2.31. The molecule has 0 aliphatic carbocycles. The fourth-order valence-electron chi connectivity index (χ4n) is 1.53. The molecule has 1 aromatic rings. The molecule has 0 bridgehead atoms. The zero-order chi connectivity index (χ0) is 10.5. The van der Waals surface area contributed by atoms with E-state index in [1.54, 1.807) is 12.4 Å². The number of nitrogens with zero attached hydrogens (tertiary/aromatic N) is 2. The first-order chi connectivity index (χ1) is 7.40. The molecule has 1 aromatic heterocycles. The lowest BCUT2D eigenvalue weighted by Gasteiger charge is -2.26. The van der Waals surface area contributed by atoms with Crippen molar-refractivity contribution in [1.82, 2.24) is 9.88 Å². The van der Waals surface area contributed by atoms with Crippen LogP contribution in [0.5, 0.6) is 0 Å². The van der Waals surface area contributed by atoms with Crippen molar-refractivity contribution in [2.45, 2.75) is 12.6 Å². The number of pyridine rings is 1. The summed E-state index contributed by atoms with van der Waals surface area (Å²) in [5, 5.41) is 0. The van der Waals surface area contributed by atoms with Crippen LogP contribution in [0.15, 0.2) is 49.0 Å². The van der Waals surface area contributed by atoms with Crippen molar-refractivity contribution in [1.29, 1.82) is 0 Å². The first-order valence-electron chi connectivity index (χ1n) is 4.85. The van der Waals surface area contributed by atoms with Gasteiger partial charge in [-0.1, -0.05) is 12.2 Å². The van der Waals surface area contributed by atoms with Crippen LogP contribution >= 0.6 is 0 Å². The van der Waals surface area contributed by atoms with Crippen molar-refractivity contribution < 1.29 is 4.79 Å². The molecule has 76 valence electrons. The molecule has 1 aliphatic rings. The number of allylic oxidation sites excluding steroid dienone is 2. The highest BCUT2D eigenvalue weighted by Crippen LogP contribution is 2.11. The summed E-state index contributed by atoms with van der Waals surface area (Å²) in [4.78, 5) is 16.8. The van der Waals surface area contributed by atoms with Gasteiger partial charge >= 0.3 is 0 Å². The highest BCUT2D eigenvalue weighted by Gasteiger charge is 2.13. The van der Waals surface area contributed by atoms with E-state index < -0.39 is 0 Å². The number of carbonyl (C=O) groups is 1. The second kappa shape index (κ2) is 4.55. The van der Waals surface area contributed by atoms with Crippen molar-refractivity contribution in [3.05, 3.63) is 54.5 Å². The molecule has 2 heterocycles. The van der Waals surface area contributed by atoms with E-state index in [1.807, 2.05) is 41.5 Å². The third-order valence-corrected chi connectivity index (χ3v) is 2.33. The van der Waals surface area contributed by atoms with Crippen LogP contribution in [0.25, 0.3) is 0 Å². The van der Waals surface area contributed by atoms with E-state index in [0.717, 1.165) is 18.4 Å². The van der Waals surface area contributed by atoms with Gasteiger partial charge in [-0.25, -0.2) is 0 Å². The highest BCUT2D eigenvalue weighted by atomic mass is 16.1. The van der Waals surface area contributed by atoms with E-state index in [1.165, 1.54) is 0 Å². The van der Waals surface area contributed by atoms with Gasteiger partial charge in [0, 0.05) is 25.1 Å². The van der Waals surface area contributed by atoms with Crippen LogP contribution < -0.4 is 0 Å². The molecule has 1 atom stereocenters. The van der Waals surface area contributed by atoms with Gasteiger partial charge in [-0.3, -0.25) is 4.98 Å². The summed E-state index contributed by atoms with van der Waals surface area (Å²) in [6.45, 7) is 0.729. The summed E-state index contributed by atoms with van der Waals surface area (Å²) in [5.41, 5.74) is 1.15. The number of hydrogen-bond acceptors (Lipinski definition) is 3. The van der Waals surface area contributed by atoms with Gasteiger partial charge in [0.05, 0.1) is 0 Å². The minimum Gasteiger partial charge on any atom is -0.360 e. The predicted molar refractivity (Wildman–Crippen MR) is 57.9 cm³/mol. The fourth-order valence-corrected chi connectivity index (χ4v) is 1.53. The van der Waals surface area contributed by atoms with E-state index >= 15 is 0 Å². The maximum absolute atomic E-state index is 10.8. The van der Waals surface area contributed by atoms with Crippen molar-refractivity contribution in [3.8, 4) is 0 Å². The first-order valence-corrected chi connectivity index (χ1v) is 4.85. The summed E-state index contributed by atoms with van der Waals surface area (Å²) in [7, 11) is 0. The molecule has 0 saturated heterocycles. The Morgan fingerprint density at radius 1 is 1.33 bits per heavy atom. The molecular weight excluding hydrogens is 188 g/mol. The molecule has 15 heavy (non-hydrogen) atoms. The largest absolute Gasteiger partial charge is 0.360 e. The molecular formula is C12H12N2O. The fraction of sp³-hybridized carbons (Fsp3) is 0.167. The number of hydrogen-bond donors (Lipinski definition) is 0. The molecule has 3 heteroatoms. The van der Waals surface area contributed by atoms with E-state index in [2.05, 4.69) is 4.98 Å². The van der Waals surface area contributed by atoms with E-state index in [-0.39, 0.29) is 6.04 Å². The Morgan fingerprint density at radius 3 is 2.87 bits per heavy atom. The molecule has 0 N–H and O–H groups in total. The van der Waals surface area contributed by atoms with Gasteiger partial charge in [0.25, 0.3) is 0 Å². The van der Waals surface area contributed by atoms with Crippen LogP contribution in [0.2, 0.25) is 0 Å². The van der Waals surface area contributed by atoms with Crippen molar-refractivity contribution >= 4 is 6.29 Å². The number of carbonyl (C=O) groups excluding carboxylic acids is 1. The van der Waals surface area contributed by atoms with Crippen molar-refractivity contribution in [3.63, 3.8) is 0 Å². The SMILES string of the molecule is O=CC1C=CC=CN1Cc1ccncc1. The average molecular weight is 200 g/mol. The van der Waals surface area contributed by atoms with Crippen LogP contribution in [0.3, 0.4) is 0 Å². The molecule has 0 saturated carbocycles. The molecule has 1 unspecified atom stereocenters. The lowest BCUT2D eigenvalue weighted by Crippen LogP contribution is -2.31. The second-order valence-corrected chi connectivity index (χ2v) is 3.38. The lowest BCUT2D eigenvalue weighted by molar-refractivity contribution is -0.110. The topological polar surface area (TPSA) is 33.2 Å². The summed E-state index contributed by atoms with van der Waals surface area (Å²) in [6, 6.07) is 3.75. The molecule has 0 amide bonds. The zero-order valence-electron chi connectivity index (χ0n) is 8.28. The highest BCUT2D eigenvalue weighted by molar-refractivity contribution is 5.62. The molecule has 3 nitrogen and oxygen atoms in total. The lowest BCUT2D eigenvalue weighted by atomic mass is 10.1. The van der Waals surface area contributed by atoms with Gasteiger partial charge in [0.15, 0.2) is 0 Å². The first kappa shape index (κ1) is 9.65. The second-order valence-electron chi connectivity index (χ2n) is 3.38. The van der Waals surface area contributed by atoms with Gasteiger partial charge in [0.2, 0.25) is 0 Å². The van der Waals surface area contributed by atoms with Crippen LogP contribution in [-0.4, -0.2) is 22.2 Å². The maximum atomic E-state index is 10.8. The van der Waals surface area contributed by atoms with Gasteiger partial charge in [-0.2, -0.15) is 0 Å². The molecule has 0 radical (unpaired) electrons. The van der Waals surface area contributed by atoms with Crippen LogP contribution in [0, 0.1) is 0 Å². The normalized spacial score (nSPS) is 19.2. The Balaban J connectivity index is 2.08. The van der Waals surface area contributed by atoms with Crippen molar-refractivity contribution in [2.75, 3.05) is 0 Å². The number of aldehydes is 1. The smallest absolute Gasteiger partial charge is 0.146 e. The monoisotopic (exact) mass is 200 g/mol. The minimum absolute atomic E-state index is 0.150. The predicted octanol–water partition coefficient (Wildman–Crippen LogP) is 1.53. The van der Waals surface area contributed by atoms with Gasteiger partial charge < -0.3 is 9.69 Å². The number of rotatable bonds is 3. The Labute approximate surface area is 88.7 Å². The van der Waals surface area contributed by atoms with Crippen molar-refractivity contribution in [2.24, 2.45) is 0 Å². The molecule has 1 aliphatic heterocycles. The molecule has 0 fully saturated rings. The van der Waals surface area contributed by atoms with Gasteiger partial charge in [-0.05, 0) is 23.8 Å². The van der Waals surface area contributed by atoms with Crippen LogP contribution in [0.1, 0.15) is 5.56 Å². The van der Waals surface area contributed by atoms with Crippen LogP contribution in [0.4, 0.5) is 0 Å². The third-order valence-electron chi connectivity index (χ3n) is 2.33. The van der Waals surface area contributed by atoms with Crippen LogP contribution in [-0.2, 0) is 11.3 Å². The Kier molecular flexibility index (Phi) is 2.93. The van der Waals surface area contributed by atoms with E-state index in [9.17, 15) is 4.79 Å². The summed E-state index contributed by atoms with van der Waals surface area (Å²) >= 11 is 0. The minimum atomic E-state index is -0.150. The molecule has 0 spiro atoms. The molecule has 2 rings (SSSR count). The zero-order valence-corrected chi connectivity index (χ0v) is 8.28. The quantitative estimate of drug-likeness (QED) is 0.694. The summed E-state index contributed by atoms with van der Waals surface area (Å²) in [5.74, 6) is 0. The maximum Gasteiger partial charge on any atom is 0.146 e. The van der Waals surface area contributed by atoms with E-state index in [0.29, 0.717) is 0 Å². The Bertz CT molecular complexity index is 384. The van der Waals surface area contributed by atoms with E-state index in [4.69, 9.17) is 0 Å². The average Bonchev–Trinajstić information content (AvgIpc) is 2.31. The summed E-state index contributed by atoms with van der Waals surface area (Å²) < 4.78 is 0. The molecule has 0 aromatic carbocycles. The summed E-state index contributed by atoms with van der Waals surface area (Å²) in [6.07, 6.45) is 12.1. The number of aromatic nitrogens is 1. The Morgan fingerprint density at radius 2 is 2.13 bits per heavy atom.